The van der Waals surface area contributed by atoms with Gasteiger partial charge in [-0.25, -0.2) is 0 Å². The summed E-state index contributed by atoms with van der Waals surface area (Å²) in [5.74, 6) is 0. The van der Waals surface area contributed by atoms with E-state index in [0.717, 1.165) is 12.0 Å². The van der Waals surface area contributed by atoms with E-state index in [-0.39, 0.29) is 11.5 Å². The predicted molar refractivity (Wildman–Crippen MR) is 71.3 cm³/mol. The molecule has 0 aliphatic heterocycles. The van der Waals surface area contributed by atoms with Gasteiger partial charge in [-0.3, -0.25) is 0 Å². The van der Waals surface area contributed by atoms with Crippen LogP contribution in [0.15, 0.2) is 30.3 Å². The molecule has 0 bridgehead atoms. The first kappa shape index (κ1) is 10.8. The molecule has 88 valence electrons. The molecule has 1 aliphatic rings. The Morgan fingerprint density at radius 2 is 1.82 bits per heavy atom. The van der Waals surface area contributed by atoms with Gasteiger partial charge < -0.3 is 5.11 Å². The number of hydrogen-bond acceptors (Lipinski definition) is 1. The van der Waals surface area contributed by atoms with Gasteiger partial charge in [-0.05, 0) is 46.2 Å². The van der Waals surface area contributed by atoms with E-state index >= 15 is 0 Å². The van der Waals surface area contributed by atoms with Crippen LogP contribution in [0.3, 0.4) is 0 Å². The van der Waals surface area contributed by atoms with Crippen molar-refractivity contribution in [2.75, 3.05) is 0 Å². The highest BCUT2D eigenvalue weighted by Gasteiger charge is 2.37. The molecule has 2 aromatic carbocycles. The van der Waals surface area contributed by atoms with Crippen molar-refractivity contribution >= 4 is 10.8 Å². The molecule has 0 fully saturated rings. The summed E-state index contributed by atoms with van der Waals surface area (Å²) in [6.45, 7) is 6.58. The van der Waals surface area contributed by atoms with Gasteiger partial charge in [0, 0.05) is 0 Å². The molecule has 0 spiro atoms. The fourth-order valence-corrected chi connectivity index (χ4v) is 3.30. The zero-order valence-electron chi connectivity index (χ0n) is 10.6. The van der Waals surface area contributed by atoms with Crippen LogP contribution in [0.4, 0.5) is 0 Å². The van der Waals surface area contributed by atoms with Gasteiger partial charge in [-0.2, -0.15) is 0 Å². The highest BCUT2D eigenvalue weighted by molar-refractivity contribution is 5.91. The van der Waals surface area contributed by atoms with Gasteiger partial charge in [0.05, 0.1) is 6.10 Å². The zero-order valence-corrected chi connectivity index (χ0v) is 10.6. The Bertz CT molecular complexity index is 596. The normalized spacial score (nSPS) is 21.8. The van der Waals surface area contributed by atoms with Gasteiger partial charge in [-0.15, -0.1) is 0 Å². The van der Waals surface area contributed by atoms with Gasteiger partial charge in [0.25, 0.3) is 0 Å². The minimum atomic E-state index is -0.302. The number of rotatable bonds is 0. The molecule has 1 heteroatoms. The molecular formula is C16H18O. The van der Waals surface area contributed by atoms with Crippen LogP contribution in [0.25, 0.3) is 10.8 Å². The van der Waals surface area contributed by atoms with Gasteiger partial charge in [0.1, 0.15) is 0 Å². The number of aryl methyl sites for hydroxylation is 1. The summed E-state index contributed by atoms with van der Waals surface area (Å²) >= 11 is 0. The quantitative estimate of drug-likeness (QED) is 0.723. The van der Waals surface area contributed by atoms with Crippen LogP contribution >= 0.6 is 0 Å². The van der Waals surface area contributed by atoms with Gasteiger partial charge in [0.15, 0.2) is 0 Å². The summed E-state index contributed by atoms with van der Waals surface area (Å²) in [6, 6.07) is 10.7. The second kappa shape index (κ2) is 3.33. The molecule has 1 atom stereocenters. The first-order valence-electron chi connectivity index (χ1n) is 6.21. The summed E-state index contributed by atoms with van der Waals surface area (Å²) in [4.78, 5) is 0. The third-order valence-electron chi connectivity index (χ3n) is 4.02. The summed E-state index contributed by atoms with van der Waals surface area (Å²) in [5.41, 5.74) is 3.80. The molecule has 0 heterocycles. The van der Waals surface area contributed by atoms with Gasteiger partial charge in [-0.1, -0.05) is 44.2 Å². The van der Waals surface area contributed by atoms with E-state index in [4.69, 9.17) is 0 Å². The summed E-state index contributed by atoms with van der Waals surface area (Å²) in [5, 5.41) is 12.8. The van der Waals surface area contributed by atoms with E-state index in [0.29, 0.717) is 0 Å². The molecule has 0 unspecified atom stereocenters. The lowest BCUT2D eigenvalue weighted by atomic mass is 9.83. The Labute approximate surface area is 102 Å². The van der Waals surface area contributed by atoms with Crippen LogP contribution in [0.1, 0.15) is 43.1 Å². The Hall–Kier alpha value is -1.34. The molecule has 2 aromatic rings. The maximum Gasteiger partial charge on any atom is 0.0801 e. The van der Waals surface area contributed by atoms with Crippen molar-refractivity contribution < 1.29 is 5.11 Å². The monoisotopic (exact) mass is 226 g/mol. The molecule has 0 radical (unpaired) electrons. The Morgan fingerprint density at radius 3 is 2.53 bits per heavy atom. The largest absolute Gasteiger partial charge is 0.388 e. The van der Waals surface area contributed by atoms with Crippen molar-refractivity contribution in [1.82, 2.24) is 0 Å². The molecule has 17 heavy (non-hydrogen) atoms. The topological polar surface area (TPSA) is 20.2 Å². The van der Waals surface area contributed by atoms with Crippen LogP contribution in [0, 0.1) is 6.92 Å². The Morgan fingerprint density at radius 1 is 1.18 bits per heavy atom. The predicted octanol–water partition coefficient (Wildman–Crippen LogP) is 3.86. The summed E-state index contributed by atoms with van der Waals surface area (Å²) in [6.07, 6.45) is 0.527. The lowest BCUT2D eigenvalue weighted by molar-refractivity contribution is 0.161. The number of benzene rings is 2. The average Bonchev–Trinajstić information content (AvgIpc) is 2.49. The fourth-order valence-electron chi connectivity index (χ4n) is 3.30. The lowest BCUT2D eigenvalue weighted by Gasteiger charge is -2.21. The minimum absolute atomic E-state index is 0.0715. The van der Waals surface area contributed by atoms with Crippen LogP contribution < -0.4 is 0 Å². The van der Waals surface area contributed by atoms with Crippen molar-refractivity contribution in [3.63, 3.8) is 0 Å². The Kier molecular flexibility index (Phi) is 2.11. The van der Waals surface area contributed by atoms with Crippen LogP contribution in [0.5, 0.6) is 0 Å². The van der Waals surface area contributed by atoms with Gasteiger partial charge in [0.2, 0.25) is 0 Å². The SMILES string of the molecule is Cc1cc2c(c3ccccc13)C(C)(C)C[C@@H]2O. The van der Waals surface area contributed by atoms with E-state index in [2.05, 4.69) is 51.1 Å². The molecule has 1 aliphatic carbocycles. The molecule has 0 amide bonds. The fraction of sp³-hybridized carbons (Fsp3) is 0.375. The second-order valence-electron chi connectivity index (χ2n) is 5.81. The smallest absolute Gasteiger partial charge is 0.0801 e. The molecular weight excluding hydrogens is 208 g/mol. The molecule has 0 saturated carbocycles. The number of aliphatic hydroxyl groups is 1. The third-order valence-corrected chi connectivity index (χ3v) is 4.02. The van der Waals surface area contributed by atoms with E-state index < -0.39 is 0 Å². The number of hydrogen-bond donors (Lipinski definition) is 1. The number of fused-ring (bicyclic) bond motifs is 3. The molecule has 0 aromatic heterocycles. The van der Waals surface area contributed by atoms with Crippen molar-refractivity contribution in [3.8, 4) is 0 Å². The van der Waals surface area contributed by atoms with E-state index in [1.165, 1.54) is 21.9 Å². The van der Waals surface area contributed by atoms with Crippen LogP contribution in [0.2, 0.25) is 0 Å². The van der Waals surface area contributed by atoms with E-state index in [1.54, 1.807) is 0 Å². The third kappa shape index (κ3) is 1.42. The molecule has 0 saturated heterocycles. The second-order valence-corrected chi connectivity index (χ2v) is 5.81. The first-order chi connectivity index (χ1) is 8.00. The van der Waals surface area contributed by atoms with Crippen LogP contribution in [-0.2, 0) is 5.41 Å². The first-order valence-corrected chi connectivity index (χ1v) is 6.21. The minimum Gasteiger partial charge on any atom is -0.388 e. The lowest BCUT2D eigenvalue weighted by Crippen LogP contribution is -2.13. The average molecular weight is 226 g/mol. The molecule has 1 N–H and O–H groups in total. The summed E-state index contributed by atoms with van der Waals surface area (Å²) in [7, 11) is 0. The van der Waals surface area contributed by atoms with Crippen LogP contribution in [-0.4, -0.2) is 5.11 Å². The number of aliphatic hydroxyl groups excluding tert-OH is 1. The highest BCUT2D eigenvalue weighted by Crippen LogP contribution is 2.48. The summed E-state index contributed by atoms with van der Waals surface area (Å²) < 4.78 is 0. The Balaban J connectivity index is 2.47. The maximum absolute atomic E-state index is 10.2. The van der Waals surface area contributed by atoms with Crippen molar-refractivity contribution in [3.05, 3.63) is 47.0 Å². The van der Waals surface area contributed by atoms with Crippen molar-refractivity contribution in [1.29, 1.82) is 0 Å². The standard InChI is InChI=1S/C16H18O/c1-10-8-13-14(17)9-16(2,3)15(13)12-7-5-4-6-11(10)12/h4-8,14,17H,9H2,1-3H3/t14-/m0/s1. The highest BCUT2D eigenvalue weighted by atomic mass is 16.3. The molecule has 3 rings (SSSR count). The van der Waals surface area contributed by atoms with Crippen molar-refractivity contribution in [2.24, 2.45) is 0 Å². The maximum atomic E-state index is 10.2. The van der Waals surface area contributed by atoms with E-state index in [1.807, 2.05) is 0 Å². The van der Waals surface area contributed by atoms with Crippen molar-refractivity contribution in [2.45, 2.75) is 38.7 Å². The van der Waals surface area contributed by atoms with Gasteiger partial charge >= 0.3 is 0 Å². The molecule has 1 nitrogen and oxygen atoms in total. The zero-order chi connectivity index (χ0) is 12.2. The van der Waals surface area contributed by atoms with E-state index in [9.17, 15) is 5.11 Å².